The lowest BCUT2D eigenvalue weighted by atomic mass is 10.2. The Morgan fingerprint density at radius 3 is 1.91 bits per heavy atom. The molecule has 0 heterocycles. The number of nitrogens with one attached hydrogen (secondary N) is 2. The average Bonchev–Trinajstić information content (AvgIpc) is 2.47. The Morgan fingerprint density at radius 2 is 1.43 bits per heavy atom. The van der Waals surface area contributed by atoms with Gasteiger partial charge in [-0.2, -0.15) is 0 Å². The van der Waals surface area contributed by atoms with E-state index in [2.05, 4.69) is 10.0 Å². The van der Waals surface area contributed by atoms with Crippen LogP contribution in [0, 0.1) is 0 Å². The van der Waals surface area contributed by atoms with E-state index in [-0.39, 0.29) is 22.1 Å². The maximum Gasteiger partial charge on any atom is 0.335 e. The van der Waals surface area contributed by atoms with Crippen molar-refractivity contribution in [1.82, 2.24) is 0 Å². The Bertz CT molecular complexity index is 827. The molecule has 0 saturated carbocycles. The van der Waals surface area contributed by atoms with Gasteiger partial charge in [0.1, 0.15) is 0 Å². The molecule has 7 nitrogen and oxygen atoms in total. The van der Waals surface area contributed by atoms with Crippen LogP contribution in [0.3, 0.4) is 0 Å². The summed E-state index contributed by atoms with van der Waals surface area (Å²) in [5, 5.41) is 11.3. The number of sulfonamides is 1. The normalized spacial score (nSPS) is 10.8. The molecule has 0 radical (unpaired) electrons. The van der Waals surface area contributed by atoms with E-state index in [1.165, 1.54) is 55.5 Å². The van der Waals surface area contributed by atoms with Gasteiger partial charge in [0.2, 0.25) is 5.91 Å². The van der Waals surface area contributed by atoms with Crippen molar-refractivity contribution >= 4 is 33.3 Å². The molecule has 0 bridgehead atoms. The van der Waals surface area contributed by atoms with E-state index >= 15 is 0 Å². The van der Waals surface area contributed by atoms with Crippen LogP contribution in [0.25, 0.3) is 0 Å². The number of hydrogen-bond acceptors (Lipinski definition) is 4. The minimum absolute atomic E-state index is 0.0221. The number of carboxylic acids is 1. The number of hydrogen-bond donors (Lipinski definition) is 3. The Labute approximate surface area is 133 Å². The highest BCUT2D eigenvalue weighted by Gasteiger charge is 2.14. The molecular formula is C15H14N2O5S. The molecule has 23 heavy (non-hydrogen) atoms. The molecule has 0 unspecified atom stereocenters. The molecule has 0 aliphatic heterocycles. The van der Waals surface area contributed by atoms with E-state index in [1.54, 1.807) is 0 Å². The topological polar surface area (TPSA) is 113 Å². The second-order valence-electron chi connectivity index (χ2n) is 4.69. The third-order valence-electron chi connectivity index (χ3n) is 2.87. The number of amides is 1. The van der Waals surface area contributed by atoms with Crippen LogP contribution < -0.4 is 10.0 Å². The van der Waals surface area contributed by atoms with Crippen molar-refractivity contribution < 1.29 is 23.1 Å². The van der Waals surface area contributed by atoms with Crippen molar-refractivity contribution in [3.05, 3.63) is 54.1 Å². The van der Waals surface area contributed by atoms with Crippen LogP contribution >= 0.6 is 0 Å². The molecule has 0 fully saturated rings. The molecule has 120 valence electrons. The van der Waals surface area contributed by atoms with E-state index < -0.39 is 16.0 Å². The second-order valence-corrected chi connectivity index (χ2v) is 6.38. The molecule has 2 aromatic carbocycles. The first-order valence-electron chi connectivity index (χ1n) is 6.52. The van der Waals surface area contributed by atoms with Gasteiger partial charge in [0.15, 0.2) is 0 Å². The van der Waals surface area contributed by atoms with Gasteiger partial charge >= 0.3 is 5.97 Å². The van der Waals surface area contributed by atoms with Gasteiger partial charge in [0.05, 0.1) is 10.5 Å². The minimum atomic E-state index is -3.80. The van der Waals surface area contributed by atoms with E-state index in [9.17, 15) is 18.0 Å². The highest BCUT2D eigenvalue weighted by molar-refractivity contribution is 7.92. The molecule has 8 heteroatoms. The summed E-state index contributed by atoms with van der Waals surface area (Å²) in [5.41, 5.74) is 0.802. The molecule has 0 saturated heterocycles. The Balaban J connectivity index is 2.17. The van der Waals surface area contributed by atoms with Crippen LogP contribution in [0.2, 0.25) is 0 Å². The zero-order chi connectivity index (χ0) is 17.0. The predicted molar refractivity (Wildman–Crippen MR) is 85.0 cm³/mol. The Hall–Kier alpha value is -2.87. The highest BCUT2D eigenvalue weighted by Crippen LogP contribution is 2.18. The summed E-state index contributed by atoms with van der Waals surface area (Å²) in [4.78, 5) is 21.7. The van der Waals surface area contributed by atoms with Crippen LogP contribution in [0.1, 0.15) is 17.3 Å². The fraction of sp³-hybridized carbons (Fsp3) is 0.0667. The smallest absolute Gasteiger partial charge is 0.335 e. The van der Waals surface area contributed by atoms with Crippen LogP contribution in [0.4, 0.5) is 11.4 Å². The molecule has 0 spiro atoms. The quantitative estimate of drug-likeness (QED) is 0.775. The van der Waals surface area contributed by atoms with Gasteiger partial charge in [-0.05, 0) is 48.5 Å². The first-order valence-corrected chi connectivity index (χ1v) is 8.00. The van der Waals surface area contributed by atoms with Gasteiger partial charge in [-0.3, -0.25) is 9.52 Å². The van der Waals surface area contributed by atoms with Crippen LogP contribution in [-0.4, -0.2) is 25.4 Å². The number of benzene rings is 2. The van der Waals surface area contributed by atoms with Gasteiger partial charge in [0.25, 0.3) is 10.0 Å². The average molecular weight is 334 g/mol. The highest BCUT2D eigenvalue weighted by atomic mass is 32.2. The molecule has 0 aliphatic rings. The summed E-state index contributed by atoms with van der Waals surface area (Å²) in [6, 6.07) is 11.0. The maximum absolute atomic E-state index is 12.2. The predicted octanol–water partition coefficient (Wildman–Crippen LogP) is 2.14. The van der Waals surface area contributed by atoms with Crippen molar-refractivity contribution in [2.24, 2.45) is 0 Å². The first-order chi connectivity index (χ1) is 10.8. The number of carbonyl (C=O) groups is 2. The monoisotopic (exact) mass is 334 g/mol. The van der Waals surface area contributed by atoms with E-state index in [0.29, 0.717) is 5.69 Å². The number of anilines is 2. The summed E-state index contributed by atoms with van der Waals surface area (Å²) in [6.45, 7) is 1.35. The molecule has 0 aliphatic carbocycles. The zero-order valence-corrected chi connectivity index (χ0v) is 12.9. The SMILES string of the molecule is CC(=O)Nc1ccc(S(=O)(=O)Nc2ccc(C(=O)O)cc2)cc1. The maximum atomic E-state index is 12.2. The van der Waals surface area contributed by atoms with Crippen LogP contribution in [-0.2, 0) is 14.8 Å². The molecule has 1 amide bonds. The zero-order valence-electron chi connectivity index (χ0n) is 12.1. The lowest BCUT2D eigenvalue weighted by Gasteiger charge is -2.09. The van der Waals surface area contributed by atoms with Crippen molar-refractivity contribution in [1.29, 1.82) is 0 Å². The van der Waals surface area contributed by atoms with E-state index in [0.717, 1.165) is 0 Å². The molecule has 2 rings (SSSR count). The second kappa shape index (κ2) is 6.49. The number of carbonyl (C=O) groups excluding carboxylic acids is 1. The minimum Gasteiger partial charge on any atom is -0.478 e. The Morgan fingerprint density at radius 1 is 0.913 bits per heavy atom. The summed E-state index contributed by atoms with van der Waals surface area (Å²) in [5.74, 6) is -1.34. The van der Waals surface area contributed by atoms with E-state index in [4.69, 9.17) is 5.11 Å². The van der Waals surface area contributed by atoms with Gasteiger partial charge in [-0.1, -0.05) is 0 Å². The van der Waals surface area contributed by atoms with Crippen LogP contribution in [0.15, 0.2) is 53.4 Å². The van der Waals surface area contributed by atoms with Crippen molar-refractivity contribution in [2.75, 3.05) is 10.0 Å². The summed E-state index contributed by atoms with van der Waals surface area (Å²) in [7, 11) is -3.80. The molecule has 0 aromatic heterocycles. The molecule has 2 aromatic rings. The van der Waals surface area contributed by atoms with Gasteiger partial charge in [0, 0.05) is 18.3 Å². The molecular weight excluding hydrogens is 320 g/mol. The van der Waals surface area contributed by atoms with Crippen molar-refractivity contribution in [3.8, 4) is 0 Å². The lowest BCUT2D eigenvalue weighted by Crippen LogP contribution is -2.13. The summed E-state index contributed by atoms with van der Waals surface area (Å²) < 4.78 is 26.8. The van der Waals surface area contributed by atoms with Gasteiger partial charge < -0.3 is 10.4 Å². The van der Waals surface area contributed by atoms with Gasteiger partial charge in [-0.15, -0.1) is 0 Å². The standard InChI is InChI=1S/C15H14N2O5S/c1-10(18)16-12-6-8-14(9-7-12)23(21,22)17-13-4-2-11(3-5-13)15(19)20/h2-9,17H,1H3,(H,16,18)(H,19,20). The summed E-state index contributed by atoms with van der Waals surface area (Å²) in [6.07, 6.45) is 0. The first kappa shape index (κ1) is 16.5. The lowest BCUT2D eigenvalue weighted by molar-refractivity contribution is -0.114. The van der Waals surface area contributed by atoms with Crippen LogP contribution in [0.5, 0.6) is 0 Å². The van der Waals surface area contributed by atoms with E-state index in [1.807, 2.05) is 0 Å². The number of rotatable bonds is 5. The van der Waals surface area contributed by atoms with Crippen molar-refractivity contribution in [3.63, 3.8) is 0 Å². The third kappa shape index (κ3) is 4.30. The van der Waals surface area contributed by atoms with Gasteiger partial charge in [-0.25, -0.2) is 13.2 Å². The molecule has 0 atom stereocenters. The molecule has 3 N–H and O–H groups in total. The largest absolute Gasteiger partial charge is 0.478 e. The third-order valence-corrected chi connectivity index (χ3v) is 4.27. The summed E-state index contributed by atoms with van der Waals surface area (Å²) >= 11 is 0. The fourth-order valence-electron chi connectivity index (χ4n) is 1.82. The number of carboxylic acid groups (broad SMARTS) is 1. The van der Waals surface area contributed by atoms with Crippen molar-refractivity contribution in [2.45, 2.75) is 11.8 Å². The number of aromatic carboxylic acids is 1. The fourth-order valence-corrected chi connectivity index (χ4v) is 2.87. The Kier molecular flexibility index (Phi) is 4.65.